The van der Waals surface area contributed by atoms with Crippen molar-refractivity contribution in [3.05, 3.63) is 11.6 Å². The van der Waals surface area contributed by atoms with E-state index in [0.29, 0.717) is 6.42 Å². The third-order valence-electron chi connectivity index (χ3n) is 0.869. The Balaban J connectivity index is 3.31. The standard InChI is InChI=1S/C6H9ClO/c1-6(2-4-7)3-5-8/h2,4-6H,3H2,1H3/b4-2+. The molecule has 1 unspecified atom stereocenters. The monoisotopic (exact) mass is 132 g/mol. The maximum Gasteiger partial charge on any atom is 0.120 e. The lowest BCUT2D eigenvalue weighted by atomic mass is 10.1. The van der Waals surface area contributed by atoms with Crippen molar-refractivity contribution in [3.8, 4) is 0 Å². The van der Waals surface area contributed by atoms with Gasteiger partial charge in [0.05, 0.1) is 0 Å². The zero-order chi connectivity index (χ0) is 6.41. The highest BCUT2D eigenvalue weighted by Gasteiger charge is 1.91. The van der Waals surface area contributed by atoms with Crippen LogP contribution in [0.4, 0.5) is 0 Å². The third-order valence-corrected chi connectivity index (χ3v) is 1.01. The van der Waals surface area contributed by atoms with Crippen molar-refractivity contribution in [1.82, 2.24) is 0 Å². The van der Waals surface area contributed by atoms with Gasteiger partial charge in [0.2, 0.25) is 0 Å². The van der Waals surface area contributed by atoms with Crippen LogP contribution in [0.25, 0.3) is 0 Å². The molecule has 0 aromatic carbocycles. The van der Waals surface area contributed by atoms with Crippen LogP contribution in [0.15, 0.2) is 11.6 Å². The van der Waals surface area contributed by atoms with Gasteiger partial charge in [0.1, 0.15) is 6.29 Å². The molecule has 46 valence electrons. The molecule has 0 aliphatic heterocycles. The van der Waals surface area contributed by atoms with Crippen LogP contribution < -0.4 is 0 Å². The summed E-state index contributed by atoms with van der Waals surface area (Å²) in [4.78, 5) is 9.81. The summed E-state index contributed by atoms with van der Waals surface area (Å²) >= 11 is 5.24. The van der Waals surface area contributed by atoms with Gasteiger partial charge in [-0.2, -0.15) is 0 Å². The number of allylic oxidation sites excluding steroid dienone is 1. The van der Waals surface area contributed by atoms with E-state index in [2.05, 4.69) is 0 Å². The lowest BCUT2D eigenvalue weighted by molar-refractivity contribution is -0.108. The Morgan fingerprint density at radius 2 is 2.38 bits per heavy atom. The first-order valence-corrected chi connectivity index (χ1v) is 2.95. The highest BCUT2D eigenvalue weighted by Crippen LogP contribution is 2.00. The molecule has 1 atom stereocenters. The number of halogens is 1. The summed E-state index contributed by atoms with van der Waals surface area (Å²) in [5, 5.41) is 0. The van der Waals surface area contributed by atoms with E-state index in [1.165, 1.54) is 5.54 Å². The molecular formula is C6H9ClO. The van der Waals surface area contributed by atoms with Crippen molar-refractivity contribution in [3.63, 3.8) is 0 Å². The van der Waals surface area contributed by atoms with Gasteiger partial charge < -0.3 is 4.79 Å². The Labute approximate surface area is 54.3 Å². The van der Waals surface area contributed by atoms with Gasteiger partial charge in [-0.05, 0) is 5.92 Å². The lowest BCUT2D eigenvalue weighted by Crippen LogP contribution is -1.87. The SMILES string of the molecule is CC(/C=C/Cl)CC=O. The number of hydrogen-bond donors (Lipinski definition) is 0. The van der Waals surface area contributed by atoms with Gasteiger partial charge >= 0.3 is 0 Å². The smallest absolute Gasteiger partial charge is 0.120 e. The molecule has 0 spiro atoms. The maximum atomic E-state index is 9.81. The van der Waals surface area contributed by atoms with Crippen molar-refractivity contribution >= 4 is 17.9 Å². The Bertz CT molecular complexity index is 88.5. The Morgan fingerprint density at radius 3 is 2.75 bits per heavy atom. The highest BCUT2D eigenvalue weighted by molar-refractivity contribution is 6.25. The largest absolute Gasteiger partial charge is 0.303 e. The van der Waals surface area contributed by atoms with Gasteiger partial charge in [-0.15, -0.1) is 0 Å². The van der Waals surface area contributed by atoms with Crippen molar-refractivity contribution in [2.24, 2.45) is 5.92 Å². The van der Waals surface area contributed by atoms with Gasteiger partial charge in [0.25, 0.3) is 0 Å². The van der Waals surface area contributed by atoms with E-state index in [1.54, 1.807) is 6.08 Å². The molecule has 0 saturated carbocycles. The molecule has 0 fully saturated rings. The van der Waals surface area contributed by atoms with Crippen LogP contribution in [-0.4, -0.2) is 6.29 Å². The van der Waals surface area contributed by atoms with Crippen LogP contribution in [0.5, 0.6) is 0 Å². The predicted molar refractivity (Wildman–Crippen MR) is 34.8 cm³/mol. The van der Waals surface area contributed by atoms with E-state index < -0.39 is 0 Å². The summed E-state index contributed by atoms with van der Waals surface area (Å²) in [5.41, 5.74) is 1.44. The summed E-state index contributed by atoms with van der Waals surface area (Å²) in [6, 6.07) is 0. The first kappa shape index (κ1) is 7.70. The van der Waals surface area contributed by atoms with Gasteiger partial charge in [-0.25, -0.2) is 0 Å². The molecule has 2 heteroatoms. The molecule has 0 bridgehead atoms. The molecule has 0 aliphatic rings. The predicted octanol–water partition coefficient (Wildman–Crippen LogP) is 1.96. The second-order valence-corrected chi connectivity index (χ2v) is 1.95. The number of carbonyl (C=O) groups excluding carboxylic acids is 1. The van der Waals surface area contributed by atoms with Crippen LogP contribution in [0.2, 0.25) is 0 Å². The van der Waals surface area contributed by atoms with E-state index in [4.69, 9.17) is 11.6 Å². The second-order valence-electron chi connectivity index (χ2n) is 1.70. The molecule has 0 aliphatic carbocycles. The van der Waals surface area contributed by atoms with Crippen molar-refractivity contribution in [2.75, 3.05) is 0 Å². The van der Waals surface area contributed by atoms with Crippen molar-refractivity contribution < 1.29 is 4.79 Å². The second kappa shape index (κ2) is 4.85. The van der Waals surface area contributed by atoms with E-state index in [-0.39, 0.29) is 5.92 Å². The molecular weight excluding hydrogens is 124 g/mol. The Kier molecular flexibility index (Phi) is 4.67. The van der Waals surface area contributed by atoms with Gasteiger partial charge in [-0.1, -0.05) is 24.6 Å². The number of aldehydes is 1. The van der Waals surface area contributed by atoms with Crippen LogP contribution >= 0.6 is 11.6 Å². The van der Waals surface area contributed by atoms with E-state index in [9.17, 15) is 4.79 Å². The van der Waals surface area contributed by atoms with Crippen molar-refractivity contribution in [2.45, 2.75) is 13.3 Å². The third kappa shape index (κ3) is 3.88. The van der Waals surface area contributed by atoms with E-state index >= 15 is 0 Å². The van der Waals surface area contributed by atoms with Crippen LogP contribution in [0.1, 0.15) is 13.3 Å². The average Bonchev–Trinajstić information content (AvgIpc) is 1.68. The first-order valence-electron chi connectivity index (χ1n) is 2.51. The number of rotatable bonds is 3. The Hall–Kier alpha value is -0.300. The van der Waals surface area contributed by atoms with Gasteiger partial charge in [0, 0.05) is 12.0 Å². The summed E-state index contributed by atoms with van der Waals surface area (Å²) < 4.78 is 0. The summed E-state index contributed by atoms with van der Waals surface area (Å²) in [6.07, 6.45) is 3.24. The molecule has 0 rings (SSSR count). The molecule has 0 saturated heterocycles. The van der Waals surface area contributed by atoms with E-state index in [1.807, 2.05) is 6.92 Å². The maximum absolute atomic E-state index is 9.81. The molecule has 0 aromatic rings. The first-order chi connectivity index (χ1) is 3.81. The van der Waals surface area contributed by atoms with Crippen LogP contribution in [-0.2, 0) is 4.79 Å². The molecule has 0 aromatic heterocycles. The molecule has 1 nitrogen and oxygen atoms in total. The minimum atomic E-state index is 0.282. The Morgan fingerprint density at radius 1 is 1.75 bits per heavy atom. The van der Waals surface area contributed by atoms with Gasteiger partial charge in [0.15, 0.2) is 0 Å². The highest BCUT2D eigenvalue weighted by atomic mass is 35.5. The van der Waals surface area contributed by atoms with Crippen LogP contribution in [0.3, 0.4) is 0 Å². The van der Waals surface area contributed by atoms with Crippen LogP contribution in [0, 0.1) is 5.92 Å². The topological polar surface area (TPSA) is 17.1 Å². The molecule has 0 amide bonds. The quantitative estimate of drug-likeness (QED) is 0.537. The summed E-state index contributed by atoms with van der Waals surface area (Å²) in [6.45, 7) is 1.94. The molecule has 8 heavy (non-hydrogen) atoms. The lowest BCUT2D eigenvalue weighted by Gasteiger charge is -1.94. The molecule has 0 N–H and O–H groups in total. The normalized spacial score (nSPS) is 14.2. The fourth-order valence-electron chi connectivity index (χ4n) is 0.355. The van der Waals surface area contributed by atoms with Gasteiger partial charge in [-0.3, -0.25) is 0 Å². The van der Waals surface area contributed by atoms with E-state index in [0.717, 1.165) is 6.29 Å². The fourth-order valence-corrected chi connectivity index (χ4v) is 0.603. The number of carbonyl (C=O) groups is 1. The summed E-state index contributed by atoms with van der Waals surface area (Å²) in [5.74, 6) is 0.282. The molecule has 0 heterocycles. The minimum Gasteiger partial charge on any atom is -0.303 e. The minimum absolute atomic E-state index is 0.282. The fraction of sp³-hybridized carbons (Fsp3) is 0.500. The summed E-state index contributed by atoms with van der Waals surface area (Å²) in [7, 11) is 0. The molecule has 0 radical (unpaired) electrons. The zero-order valence-corrected chi connectivity index (χ0v) is 5.56. The average molecular weight is 133 g/mol. The van der Waals surface area contributed by atoms with Crippen molar-refractivity contribution in [1.29, 1.82) is 0 Å². The number of hydrogen-bond acceptors (Lipinski definition) is 1. The zero-order valence-electron chi connectivity index (χ0n) is 4.80.